The van der Waals surface area contributed by atoms with Gasteiger partial charge in [0.15, 0.2) is 5.16 Å². The summed E-state index contributed by atoms with van der Waals surface area (Å²) in [5.41, 5.74) is 0.847. The quantitative estimate of drug-likeness (QED) is 0.750. The number of primary sulfonamides is 1. The summed E-state index contributed by atoms with van der Waals surface area (Å²) in [6.07, 6.45) is 1.54. The smallest absolute Gasteiger partial charge is 0.257 e. The van der Waals surface area contributed by atoms with Gasteiger partial charge >= 0.3 is 0 Å². The Morgan fingerprint density at radius 3 is 2.68 bits per heavy atom. The molecular formula is C15H16N4O4S2. The van der Waals surface area contributed by atoms with Gasteiger partial charge in [0.05, 0.1) is 10.8 Å². The number of hydrogen-bond donors (Lipinski definition) is 2. The summed E-state index contributed by atoms with van der Waals surface area (Å²) in [4.78, 5) is 28.8. The number of carbonyl (C=O) groups is 1. The molecule has 0 saturated carbocycles. The minimum atomic E-state index is -3.77. The van der Waals surface area contributed by atoms with Crippen molar-refractivity contribution in [1.82, 2.24) is 9.55 Å². The van der Waals surface area contributed by atoms with Crippen molar-refractivity contribution in [3.8, 4) is 0 Å². The van der Waals surface area contributed by atoms with E-state index in [1.54, 1.807) is 6.92 Å². The van der Waals surface area contributed by atoms with Gasteiger partial charge in [-0.25, -0.2) is 18.5 Å². The molecule has 0 spiro atoms. The van der Waals surface area contributed by atoms with Crippen LogP contribution in [-0.4, -0.2) is 29.6 Å². The van der Waals surface area contributed by atoms with Gasteiger partial charge in [0.1, 0.15) is 0 Å². The molecule has 3 rings (SSSR count). The fourth-order valence-corrected chi connectivity index (χ4v) is 3.99. The minimum Gasteiger partial charge on any atom is -0.326 e. The summed E-state index contributed by atoms with van der Waals surface area (Å²) in [6.45, 7) is 1.95. The number of nitrogens with zero attached hydrogens (tertiary/aromatic N) is 2. The van der Waals surface area contributed by atoms with Crippen LogP contribution in [0.15, 0.2) is 45.3 Å². The summed E-state index contributed by atoms with van der Waals surface area (Å²) in [7, 11) is -3.77. The number of nitrogens with two attached hydrogens (primary N) is 1. The predicted octanol–water partition coefficient (Wildman–Crippen LogP) is 0.560. The maximum absolute atomic E-state index is 12.5. The summed E-state index contributed by atoms with van der Waals surface area (Å²) in [6, 6.07) is 5.60. The van der Waals surface area contributed by atoms with Crippen LogP contribution in [0.25, 0.3) is 0 Å². The second-order valence-electron chi connectivity index (χ2n) is 5.71. The second-order valence-corrected chi connectivity index (χ2v) is 8.25. The van der Waals surface area contributed by atoms with E-state index >= 15 is 0 Å². The number of aryl methyl sites for hydroxylation is 1. The molecule has 0 bridgehead atoms. The van der Waals surface area contributed by atoms with Crippen molar-refractivity contribution < 1.29 is 13.2 Å². The van der Waals surface area contributed by atoms with Gasteiger partial charge in [0.25, 0.3) is 5.56 Å². The largest absolute Gasteiger partial charge is 0.326 e. The second kappa shape index (κ2) is 6.62. The zero-order chi connectivity index (χ0) is 18.2. The lowest BCUT2D eigenvalue weighted by Crippen LogP contribution is -2.37. The van der Waals surface area contributed by atoms with E-state index < -0.39 is 15.9 Å². The van der Waals surface area contributed by atoms with Crippen LogP contribution in [0, 0.1) is 12.8 Å². The SMILES string of the molecule is Cc1cnc2n(c1=O)C[C@H](C(=O)Nc1ccc(S(N)(=O)=O)cc1)CS2. The maximum atomic E-state index is 12.5. The molecule has 1 aliphatic heterocycles. The molecule has 2 heterocycles. The molecule has 1 aromatic heterocycles. The Morgan fingerprint density at radius 2 is 2.04 bits per heavy atom. The van der Waals surface area contributed by atoms with E-state index in [0.717, 1.165) is 0 Å². The Labute approximate surface area is 148 Å². The molecule has 0 radical (unpaired) electrons. The monoisotopic (exact) mass is 380 g/mol. The zero-order valence-electron chi connectivity index (χ0n) is 13.3. The van der Waals surface area contributed by atoms with Crippen molar-refractivity contribution in [2.75, 3.05) is 11.1 Å². The number of carbonyl (C=O) groups excluding carboxylic acids is 1. The number of amides is 1. The molecule has 25 heavy (non-hydrogen) atoms. The van der Waals surface area contributed by atoms with Crippen LogP contribution in [0.1, 0.15) is 5.56 Å². The van der Waals surface area contributed by atoms with E-state index in [1.807, 2.05) is 0 Å². The normalized spacial score (nSPS) is 17.0. The van der Waals surface area contributed by atoms with Crippen LogP contribution in [-0.2, 0) is 21.4 Å². The molecule has 0 unspecified atom stereocenters. The molecule has 2 aromatic rings. The molecule has 1 amide bonds. The van der Waals surface area contributed by atoms with Gasteiger partial charge < -0.3 is 5.32 Å². The molecule has 1 aromatic carbocycles. The molecule has 1 atom stereocenters. The van der Waals surface area contributed by atoms with Crippen molar-refractivity contribution in [3.63, 3.8) is 0 Å². The Balaban J connectivity index is 1.74. The highest BCUT2D eigenvalue weighted by molar-refractivity contribution is 7.99. The first kappa shape index (κ1) is 17.6. The molecular weight excluding hydrogens is 364 g/mol. The molecule has 1 aliphatic rings. The summed E-state index contributed by atoms with van der Waals surface area (Å²) in [5.74, 6) is -0.122. The van der Waals surface area contributed by atoms with Crippen molar-refractivity contribution in [2.45, 2.75) is 23.5 Å². The molecule has 0 aliphatic carbocycles. The summed E-state index contributed by atoms with van der Waals surface area (Å²) < 4.78 is 24.0. The van der Waals surface area contributed by atoms with E-state index in [-0.39, 0.29) is 22.9 Å². The van der Waals surface area contributed by atoms with E-state index in [9.17, 15) is 18.0 Å². The van der Waals surface area contributed by atoms with Crippen LogP contribution in [0.4, 0.5) is 5.69 Å². The van der Waals surface area contributed by atoms with Crippen molar-refractivity contribution in [1.29, 1.82) is 0 Å². The van der Waals surface area contributed by atoms with Crippen LogP contribution in [0.2, 0.25) is 0 Å². The fourth-order valence-electron chi connectivity index (χ4n) is 2.43. The van der Waals surface area contributed by atoms with E-state index in [0.29, 0.717) is 22.2 Å². The standard InChI is InChI=1S/C15H16N4O4S2/c1-9-6-17-15-19(14(9)21)7-10(8-24-15)13(20)18-11-2-4-12(5-3-11)25(16,22)23/h2-6,10H,7-8H2,1H3,(H,18,20)(H2,16,22,23)/t10-/m0/s1. The van der Waals surface area contributed by atoms with Gasteiger partial charge in [-0.2, -0.15) is 0 Å². The highest BCUT2D eigenvalue weighted by Crippen LogP contribution is 2.26. The van der Waals surface area contributed by atoms with E-state index in [1.165, 1.54) is 46.8 Å². The first-order chi connectivity index (χ1) is 11.8. The lowest BCUT2D eigenvalue weighted by atomic mass is 10.1. The topological polar surface area (TPSA) is 124 Å². The average Bonchev–Trinajstić information content (AvgIpc) is 2.57. The number of anilines is 1. The third kappa shape index (κ3) is 3.75. The molecule has 0 saturated heterocycles. The van der Waals surface area contributed by atoms with Gasteiger partial charge in [0, 0.05) is 29.7 Å². The molecule has 3 N–H and O–H groups in total. The number of rotatable bonds is 3. The highest BCUT2D eigenvalue weighted by atomic mass is 32.2. The first-order valence-electron chi connectivity index (χ1n) is 7.38. The Bertz CT molecular complexity index is 984. The Morgan fingerprint density at radius 1 is 1.36 bits per heavy atom. The molecule has 132 valence electrons. The highest BCUT2D eigenvalue weighted by Gasteiger charge is 2.27. The lowest BCUT2D eigenvalue weighted by molar-refractivity contribution is -0.119. The number of benzene rings is 1. The van der Waals surface area contributed by atoms with Crippen molar-refractivity contribution >= 4 is 33.4 Å². The summed E-state index contributed by atoms with van der Waals surface area (Å²) in [5, 5.41) is 8.38. The Kier molecular flexibility index (Phi) is 4.67. The fraction of sp³-hybridized carbons (Fsp3) is 0.267. The minimum absolute atomic E-state index is 0.0271. The van der Waals surface area contributed by atoms with Crippen molar-refractivity contribution in [2.24, 2.45) is 11.1 Å². The van der Waals surface area contributed by atoms with Gasteiger partial charge in [-0.1, -0.05) is 11.8 Å². The van der Waals surface area contributed by atoms with Gasteiger partial charge in [0.2, 0.25) is 15.9 Å². The van der Waals surface area contributed by atoms with E-state index in [2.05, 4.69) is 10.3 Å². The number of aromatic nitrogens is 2. The van der Waals surface area contributed by atoms with Crippen LogP contribution >= 0.6 is 11.8 Å². The molecule has 10 heteroatoms. The predicted molar refractivity (Wildman–Crippen MR) is 93.9 cm³/mol. The average molecular weight is 380 g/mol. The van der Waals surface area contributed by atoms with Crippen LogP contribution in [0.3, 0.4) is 0 Å². The Hall–Kier alpha value is -2.17. The molecule has 8 nitrogen and oxygen atoms in total. The van der Waals surface area contributed by atoms with Gasteiger partial charge in [-0.15, -0.1) is 0 Å². The third-order valence-corrected chi connectivity index (χ3v) is 5.90. The lowest BCUT2D eigenvalue weighted by Gasteiger charge is -2.24. The molecule has 0 fully saturated rings. The third-order valence-electron chi connectivity index (χ3n) is 3.82. The number of sulfonamides is 1. The summed E-state index contributed by atoms with van der Waals surface area (Å²) >= 11 is 1.36. The zero-order valence-corrected chi connectivity index (χ0v) is 14.9. The number of thioether (sulfide) groups is 1. The first-order valence-corrected chi connectivity index (χ1v) is 9.92. The number of fused-ring (bicyclic) bond motifs is 1. The number of hydrogen-bond acceptors (Lipinski definition) is 6. The van der Waals surface area contributed by atoms with Crippen LogP contribution < -0.4 is 16.0 Å². The van der Waals surface area contributed by atoms with Crippen molar-refractivity contribution in [3.05, 3.63) is 46.4 Å². The van der Waals surface area contributed by atoms with E-state index in [4.69, 9.17) is 5.14 Å². The number of nitrogens with one attached hydrogen (secondary N) is 1. The maximum Gasteiger partial charge on any atom is 0.257 e. The van der Waals surface area contributed by atoms with Gasteiger partial charge in [-0.05, 0) is 31.2 Å². The van der Waals surface area contributed by atoms with Crippen LogP contribution in [0.5, 0.6) is 0 Å². The van der Waals surface area contributed by atoms with Gasteiger partial charge in [-0.3, -0.25) is 14.2 Å².